The molecule has 0 bridgehead atoms. The molecule has 0 saturated carbocycles. The molecule has 4 rings (SSSR count). The van der Waals surface area contributed by atoms with Crippen LogP contribution in [-0.4, -0.2) is 52.8 Å². The van der Waals surface area contributed by atoms with Crippen LogP contribution in [0.4, 0.5) is 0 Å². The average Bonchev–Trinajstić information content (AvgIpc) is 3.44. The predicted octanol–water partition coefficient (Wildman–Crippen LogP) is 3.94. The number of nitrogens with zero attached hydrogens (tertiary/aromatic N) is 3. The molecular formula is C21H21N3O3S2. The van der Waals surface area contributed by atoms with Gasteiger partial charge in [-0.05, 0) is 43.3 Å². The Labute approximate surface area is 177 Å². The molecule has 1 fully saturated rings. The van der Waals surface area contributed by atoms with E-state index in [1.54, 1.807) is 45.0 Å². The Hall–Kier alpha value is -2.58. The van der Waals surface area contributed by atoms with Crippen LogP contribution in [0.15, 0.2) is 57.4 Å². The van der Waals surface area contributed by atoms with Crippen molar-refractivity contribution in [2.75, 3.05) is 26.2 Å². The Bertz CT molecular complexity index is 975. The molecule has 0 atom stereocenters. The van der Waals surface area contributed by atoms with Gasteiger partial charge < -0.3 is 14.2 Å². The lowest BCUT2D eigenvalue weighted by molar-refractivity contribution is 0.0518. The molecule has 1 aliphatic rings. The zero-order chi connectivity index (χ0) is 20.2. The Morgan fingerprint density at radius 1 is 1.07 bits per heavy atom. The lowest BCUT2D eigenvalue weighted by Gasteiger charge is -2.34. The topological polar surface area (TPSA) is 66.7 Å². The lowest BCUT2D eigenvalue weighted by Crippen LogP contribution is -2.50. The van der Waals surface area contributed by atoms with Gasteiger partial charge in [-0.3, -0.25) is 9.59 Å². The molecule has 0 radical (unpaired) electrons. The molecule has 150 valence electrons. The van der Waals surface area contributed by atoms with Gasteiger partial charge in [-0.15, -0.1) is 23.1 Å². The van der Waals surface area contributed by atoms with Crippen LogP contribution in [0.25, 0.3) is 0 Å². The summed E-state index contributed by atoms with van der Waals surface area (Å²) < 4.78 is 5.18. The summed E-state index contributed by atoms with van der Waals surface area (Å²) in [5, 5.41) is 3.16. The standard InChI is InChI=1S/C21H21N3O3S2/c1-15-22-17(13-28-15)14-29-18-6-4-16(5-7-18)20(25)23-8-10-24(11-9-23)21(26)19-3-2-12-27-19/h2-7,12-13H,8-11,14H2,1H3. The van der Waals surface area contributed by atoms with Crippen molar-refractivity contribution < 1.29 is 14.0 Å². The van der Waals surface area contributed by atoms with Crippen molar-refractivity contribution in [3.8, 4) is 0 Å². The number of thioether (sulfide) groups is 1. The summed E-state index contributed by atoms with van der Waals surface area (Å²) in [4.78, 5) is 34.2. The van der Waals surface area contributed by atoms with Crippen LogP contribution in [0.3, 0.4) is 0 Å². The molecule has 8 heteroatoms. The first-order chi connectivity index (χ1) is 14.1. The SMILES string of the molecule is Cc1nc(CSc2ccc(C(=O)N3CCN(C(=O)c4ccco4)CC3)cc2)cs1. The van der Waals surface area contributed by atoms with Crippen molar-refractivity contribution >= 4 is 34.9 Å². The largest absolute Gasteiger partial charge is 0.459 e. The highest BCUT2D eigenvalue weighted by Gasteiger charge is 2.26. The van der Waals surface area contributed by atoms with Crippen molar-refractivity contribution in [3.05, 3.63) is 70.1 Å². The summed E-state index contributed by atoms with van der Waals surface area (Å²) in [6.45, 7) is 4.06. The Balaban J connectivity index is 1.30. The average molecular weight is 428 g/mol. The van der Waals surface area contributed by atoms with E-state index in [1.165, 1.54) is 6.26 Å². The van der Waals surface area contributed by atoms with Crippen LogP contribution >= 0.6 is 23.1 Å². The predicted molar refractivity (Wildman–Crippen MR) is 113 cm³/mol. The molecule has 3 aromatic rings. The molecule has 1 saturated heterocycles. The quantitative estimate of drug-likeness (QED) is 0.577. The van der Waals surface area contributed by atoms with Crippen LogP contribution in [0.5, 0.6) is 0 Å². The minimum absolute atomic E-state index is 0.00164. The number of furan rings is 1. The second-order valence-corrected chi connectivity index (χ2v) is 8.84. The lowest BCUT2D eigenvalue weighted by atomic mass is 10.2. The first-order valence-corrected chi connectivity index (χ1v) is 11.2. The van der Waals surface area contributed by atoms with Crippen molar-refractivity contribution in [3.63, 3.8) is 0 Å². The summed E-state index contributed by atoms with van der Waals surface area (Å²) in [5.41, 5.74) is 1.75. The number of aryl methyl sites for hydroxylation is 1. The molecule has 29 heavy (non-hydrogen) atoms. The van der Waals surface area contributed by atoms with Crippen molar-refractivity contribution in [1.29, 1.82) is 0 Å². The smallest absolute Gasteiger partial charge is 0.289 e. The zero-order valence-corrected chi connectivity index (χ0v) is 17.7. The van der Waals surface area contributed by atoms with E-state index in [4.69, 9.17) is 4.42 Å². The second-order valence-electron chi connectivity index (χ2n) is 6.73. The molecule has 0 unspecified atom stereocenters. The minimum atomic E-state index is -0.126. The molecule has 0 spiro atoms. The highest BCUT2D eigenvalue weighted by Crippen LogP contribution is 2.24. The second kappa shape index (κ2) is 8.84. The van der Waals surface area contributed by atoms with E-state index in [-0.39, 0.29) is 11.8 Å². The summed E-state index contributed by atoms with van der Waals surface area (Å²) >= 11 is 3.37. The van der Waals surface area contributed by atoms with E-state index in [1.807, 2.05) is 31.2 Å². The fourth-order valence-corrected chi connectivity index (χ4v) is 4.69. The minimum Gasteiger partial charge on any atom is -0.459 e. The van der Waals surface area contributed by atoms with Gasteiger partial charge in [0, 0.05) is 47.8 Å². The van der Waals surface area contributed by atoms with E-state index >= 15 is 0 Å². The number of carbonyl (C=O) groups is 2. The summed E-state index contributed by atoms with van der Waals surface area (Å²) in [5.74, 6) is 1.04. The molecular weight excluding hydrogens is 406 g/mol. The summed E-state index contributed by atoms with van der Waals surface area (Å²) in [6.07, 6.45) is 1.49. The van der Waals surface area contributed by atoms with Gasteiger partial charge >= 0.3 is 0 Å². The monoisotopic (exact) mass is 427 g/mol. The third kappa shape index (κ3) is 4.71. The maximum atomic E-state index is 12.8. The van der Waals surface area contributed by atoms with Gasteiger partial charge in [0.15, 0.2) is 5.76 Å². The maximum Gasteiger partial charge on any atom is 0.289 e. The van der Waals surface area contributed by atoms with Gasteiger partial charge in [0.2, 0.25) is 0 Å². The first kappa shape index (κ1) is 19.7. The first-order valence-electron chi connectivity index (χ1n) is 9.36. The number of rotatable bonds is 5. The van der Waals surface area contributed by atoms with E-state index in [0.717, 1.165) is 21.3 Å². The molecule has 1 aliphatic heterocycles. The Kier molecular flexibility index (Phi) is 6.01. The normalized spacial score (nSPS) is 14.2. The summed E-state index contributed by atoms with van der Waals surface area (Å²) in [6, 6.07) is 11.1. The number of hydrogen-bond donors (Lipinski definition) is 0. The van der Waals surface area contributed by atoms with Gasteiger partial charge in [-0.2, -0.15) is 0 Å². The molecule has 3 heterocycles. The number of benzene rings is 1. The van der Waals surface area contributed by atoms with Crippen LogP contribution in [0.1, 0.15) is 31.6 Å². The number of hydrogen-bond acceptors (Lipinski definition) is 6. The molecule has 2 aromatic heterocycles. The van der Waals surface area contributed by atoms with Crippen molar-refractivity contribution in [1.82, 2.24) is 14.8 Å². The zero-order valence-electron chi connectivity index (χ0n) is 16.0. The number of amides is 2. The molecule has 0 N–H and O–H groups in total. The van der Waals surface area contributed by atoms with Crippen LogP contribution < -0.4 is 0 Å². The van der Waals surface area contributed by atoms with Crippen molar-refractivity contribution in [2.24, 2.45) is 0 Å². The Morgan fingerprint density at radius 3 is 2.34 bits per heavy atom. The number of piperazine rings is 1. The van der Waals surface area contributed by atoms with Gasteiger partial charge in [0.05, 0.1) is 17.0 Å². The van der Waals surface area contributed by atoms with Gasteiger partial charge in [-0.1, -0.05) is 0 Å². The van der Waals surface area contributed by atoms with Crippen LogP contribution in [0.2, 0.25) is 0 Å². The molecule has 6 nitrogen and oxygen atoms in total. The number of thiazole rings is 1. The summed E-state index contributed by atoms with van der Waals surface area (Å²) in [7, 11) is 0. The van der Waals surface area contributed by atoms with Gasteiger partial charge in [0.25, 0.3) is 11.8 Å². The molecule has 0 aliphatic carbocycles. The third-order valence-corrected chi connectivity index (χ3v) is 6.61. The van der Waals surface area contributed by atoms with E-state index < -0.39 is 0 Å². The fraction of sp³-hybridized carbons (Fsp3) is 0.286. The highest BCUT2D eigenvalue weighted by molar-refractivity contribution is 7.98. The molecule has 2 amide bonds. The van der Waals surface area contributed by atoms with E-state index in [2.05, 4.69) is 10.4 Å². The third-order valence-electron chi connectivity index (χ3n) is 4.74. The highest BCUT2D eigenvalue weighted by atomic mass is 32.2. The maximum absolute atomic E-state index is 12.8. The van der Waals surface area contributed by atoms with Crippen LogP contribution in [0, 0.1) is 6.92 Å². The number of carbonyl (C=O) groups excluding carboxylic acids is 2. The molecule has 1 aromatic carbocycles. The van der Waals surface area contributed by atoms with E-state index in [9.17, 15) is 9.59 Å². The van der Waals surface area contributed by atoms with Gasteiger partial charge in [-0.25, -0.2) is 4.98 Å². The van der Waals surface area contributed by atoms with Gasteiger partial charge in [0.1, 0.15) is 0 Å². The van der Waals surface area contributed by atoms with Crippen LogP contribution in [-0.2, 0) is 5.75 Å². The number of aromatic nitrogens is 1. The Morgan fingerprint density at radius 2 is 1.76 bits per heavy atom. The van der Waals surface area contributed by atoms with E-state index in [0.29, 0.717) is 37.5 Å². The van der Waals surface area contributed by atoms with Crippen molar-refractivity contribution in [2.45, 2.75) is 17.6 Å². The fourth-order valence-electron chi connectivity index (χ4n) is 3.18.